The monoisotopic (exact) mass is 220 g/mol. The van der Waals surface area contributed by atoms with Gasteiger partial charge in [-0.05, 0) is 49.9 Å². The number of aliphatic hydroxyl groups is 1. The fourth-order valence-electron chi connectivity index (χ4n) is 3.71. The lowest BCUT2D eigenvalue weighted by molar-refractivity contribution is -0.00955. The van der Waals surface area contributed by atoms with Crippen molar-refractivity contribution in [2.45, 2.75) is 59.0 Å². The molecule has 2 atom stereocenters. The van der Waals surface area contributed by atoms with E-state index in [-0.39, 0.29) is 16.9 Å². The third-order valence-corrected chi connectivity index (χ3v) is 4.95. The zero-order chi connectivity index (χ0) is 12.0. The first-order valence-corrected chi connectivity index (χ1v) is 6.39. The van der Waals surface area contributed by atoms with Crippen LogP contribution in [0.2, 0.25) is 0 Å². The lowest BCUT2D eigenvalue weighted by Crippen LogP contribution is -2.47. The van der Waals surface area contributed by atoms with Crippen molar-refractivity contribution in [2.24, 2.45) is 10.8 Å². The van der Waals surface area contributed by atoms with Crippen molar-refractivity contribution in [3.8, 4) is 0 Å². The molecule has 16 heavy (non-hydrogen) atoms. The first-order valence-electron chi connectivity index (χ1n) is 6.39. The van der Waals surface area contributed by atoms with Crippen molar-refractivity contribution in [3.63, 3.8) is 0 Å². The van der Waals surface area contributed by atoms with E-state index in [9.17, 15) is 5.11 Å². The Hall–Kier alpha value is -0.560. The van der Waals surface area contributed by atoms with Crippen LogP contribution >= 0.6 is 0 Å². The maximum Gasteiger partial charge on any atom is 0.0582 e. The Balaban J connectivity index is 2.34. The van der Waals surface area contributed by atoms with E-state index in [4.69, 9.17) is 0 Å². The Bertz CT molecular complexity index is 337. The minimum atomic E-state index is -0.180. The van der Waals surface area contributed by atoms with Crippen LogP contribution < -0.4 is 0 Å². The van der Waals surface area contributed by atoms with Gasteiger partial charge in [0.1, 0.15) is 0 Å². The van der Waals surface area contributed by atoms with Crippen LogP contribution in [0.5, 0.6) is 0 Å². The van der Waals surface area contributed by atoms with Gasteiger partial charge in [0, 0.05) is 0 Å². The Morgan fingerprint density at radius 2 is 2.12 bits per heavy atom. The molecule has 0 heterocycles. The summed E-state index contributed by atoms with van der Waals surface area (Å²) >= 11 is 0. The predicted molar refractivity (Wildman–Crippen MR) is 68.2 cm³/mol. The zero-order valence-electron chi connectivity index (χ0n) is 10.8. The molecule has 2 rings (SSSR count). The number of aliphatic hydroxyl groups excluding tert-OH is 1. The highest BCUT2D eigenvalue weighted by Gasteiger charge is 2.50. The van der Waals surface area contributed by atoms with E-state index >= 15 is 0 Å². The Kier molecular flexibility index (Phi) is 2.78. The molecule has 0 aliphatic heterocycles. The molecule has 0 aromatic rings. The summed E-state index contributed by atoms with van der Waals surface area (Å²) < 4.78 is 0. The molecule has 90 valence electrons. The van der Waals surface area contributed by atoms with E-state index in [1.54, 1.807) is 0 Å². The van der Waals surface area contributed by atoms with Crippen molar-refractivity contribution in [3.05, 3.63) is 23.8 Å². The molecule has 1 heteroatoms. The van der Waals surface area contributed by atoms with Gasteiger partial charge in [-0.2, -0.15) is 0 Å². The highest BCUT2D eigenvalue weighted by atomic mass is 16.3. The first-order chi connectivity index (χ1) is 7.37. The summed E-state index contributed by atoms with van der Waals surface area (Å²) in [7, 11) is 0. The second kappa shape index (κ2) is 3.73. The lowest BCUT2D eigenvalue weighted by Gasteiger charge is -2.54. The van der Waals surface area contributed by atoms with Crippen LogP contribution in [0.15, 0.2) is 23.8 Å². The molecule has 0 bridgehead atoms. The summed E-state index contributed by atoms with van der Waals surface area (Å²) in [6, 6.07) is 0. The van der Waals surface area contributed by atoms with E-state index in [1.165, 1.54) is 24.0 Å². The molecular formula is C15H24O. The maximum atomic E-state index is 9.90. The van der Waals surface area contributed by atoms with E-state index in [0.29, 0.717) is 0 Å². The molecule has 2 aliphatic carbocycles. The Morgan fingerprint density at radius 1 is 1.44 bits per heavy atom. The highest BCUT2D eigenvalue weighted by molar-refractivity contribution is 5.26. The molecule has 0 amide bonds. The van der Waals surface area contributed by atoms with Gasteiger partial charge < -0.3 is 5.11 Å². The van der Waals surface area contributed by atoms with Gasteiger partial charge in [-0.1, -0.05) is 37.6 Å². The zero-order valence-corrected chi connectivity index (χ0v) is 10.8. The van der Waals surface area contributed by atoms with Gasteiger partial charge in [0.15, 0.2) is 0 Å². The molecule has 1 fully saturated rings. The van der Waals surface area contributed by atoms with Crippen molar-refractivity contribution < 1.29 is 5.11 Å². The molecule has 1 saturated carbocycles. The smallest absolute Gasteiger partial charge is 0.0582 e. The Labute approximate surface area is 99.3 Å². The fourth-order valence-corrected chi connectivity index (χ4v) is 3.71. The van der Waals surface area contributed by atoms with Gasteiger partial charge in [-0.3, -0.25) is 0 Å². The summed E-state index contributed by atoms with van der Waals surface area (Å²) in [5, 5.41) is 9.90. The number of hydrogen-bond acceptors (Lipinski definition) is 1. The number of allylic oxidation sites excluding steroid dienone is 2. The summed E-state index contributed by atoms with van der Waals surface area (Å²) in [5.74, 6) is 0. The van der Waals surface area contributed by atoms with E-state index in [0.717, 1.165) is 19.3 Å². The van der Waals surface area contributed by atoms with Crippen LogP contribution in [0, 0.1) is 10.8 Å². The average molecular weight is 220 g/mol. The van der Waals surface area contributed by atoms with E-state index < -0.39 is 0 Å². The third-order valence-electron chi connectivity index (χ3n) is 4.95. The second-order valence-electron chi connectivity index (χ2n) is 6.39. The van der Waals surface area contributed by atoms with Crippen molar-refractivity contribution in [1.29, 1.82) is 0 Å². The third kappa shape index (κ3) is 1.66. The van der Waals surface area contributed by atoms with Crippen LogP contribution in [0.1, 0.15) is 52.9 Å². The molecule has 2 unspecified atom stereocenters. The van der Waals surface area contributed by atoms with Crippen LogP contribution in [0.3, 0.4) is 0 Å². The molecule has 0 aromatic heterocycles. The summed E-state index contributed by atoms with van der Waals surface area (Å²) in [6.07, 6.45) is 7.45. The largest absolute Gasteiger partial charge is 0.393 e. The van der Waals surface area contributed by atoms with Gasteiger partial charge >= 0.3 is 0 Å². The SMILES string of the molecule is C=C1CC(O)CC(C)(C)C12CC=C(C)CC2. The van der Waals surface area contributed by atoms with E-state index in [1.807, 2.05) is 0 Å². The minimum Gasteiger partial charge on any atom is -0.393 e. The molecule has 0 saturated heterocycles. The standard InChI is InChI=1S/C15H24O/c1-11-5-7-15(8-6-11)12(2)9-13(16)10-14(15,3)4/h5,13,16H,2,6-10H2,1,3-4H3. The van der Waals surface area contributed by atoms with Crippen LogP contribution in [0.4, 0.5) is 0 Å². The normalized spacial score (nSPS) is 38.6. The lowest BCUT2D eigenvalue weighted by atomic mass is 9.51. The molecule has 1 spiro atoms. The number of hydrogen-bond donors (Lipinski definition) is 1. The Morgan fingerprint density at radius 3 is 2.62 bits per heavy atom. The molecule has 1 nitrogen and oxygen atoms in total. The fraction of sp³-hybridized carbons (Fsp3) is 0.733. The van der Waals surface area contributed by atoms with Gasteiger partial charge in [0.05, 0.1) is 6.10 Å². The van der Waals surface area contributed by atoms with E-state index in [2.05, 4.69) is 33.4 Å². The molecule has 1 N–H and O–H groups in total. The molecule has 0 aromatic carbocycles. The minimum absolute atomic E-state index is 0.180. The van der Waals surface area contributed by atoms with Gasteiger partial charge in [-0.15, -0.1) is 0 Å². The summed E-state index contributed by atoms with van der Waals surface area (Å²) in [4.78, 5) is 0. The van der Waals surface area contributed by atoms with Crippen molar-refractivity contribution >= 4 is 0 Å². The van der Waals surface area contributed by atoms with Crippen molar-refractivity contribution in [1.82, 2.24) is 0 Å². The van der Waals surface area contributed by atoms with Crippen LogP contribution in [0.25, 0.3) is 0 Å². The summed E-state index contributed by atoms with van der Waals surface area (Å²) in [5.41, 5.74) is 3.21. The summed E-state index contributed by atoms with van der Waals surface area (Å²) in [6.45, 7) is 11.1. The predicted octanol–water partition coefficient (Wildman–Crippen LogP) is 3.84. The maximum absolute atomic E-state index is 9.90. The molecule has 2 aliphatic rings. The second-order valence-corrected chi connectivity index (χ2v) is 6.39. The number of rotatable bonds is 0. The van der Waals surface area contributed by atoms with Gasteiger partial charge in [0.2, 0.25) is 0 Å². The van der Waals surface area contributed by atoms with Gasteiger partial charge in [0.25, 0.3) is 0 Å². The van der Waals surface area contributed by atoms with Crippen LogP contribution in [-0.2, 0) is 0 Å². The quantitative estimate of drug-likeness (QED) is 0.615. The first kappa shape index (κ1) is 11.9. The van der Waals surface area contributed by atoms with Crippen molar-refractivity contribution in [2.75, 3.05) is 0 Å². The average Bonchev–Trinajstić information content (AvgIpc) is 2.15. The molecular weight excluding hydrogens is 196 g/mol. The van der Waals surface area contributed by atoms with Gasteiger partial charge in [-0.25, -0.2) is 0 Å². The molecule has 0 radical (unpaired) electrons. The topological polar surface area (TPSA) is 20.2 Å². The van der Waals surface area contributed by atoms with Crippen LogP contribution in [-0.4, -0.2) is 11.2 Å². The highest BCUT2D eigenvalue weighted by Crippen LogP contribution is 2.59.